The van der Waals surface area contributed by atoms with Gasteiger partial charge in [0.2, 0.25) is 0 Å². The first-order chi connectivity index (χ1) is 16.4. The normalized spacial score (nSPS) is 15.9. The van der Waals surface area contributed by atoms with E-state index in [-0.39, 0.29) is 5.91 Å². The molecule has 3 aromatic rings. The molecule has 0 bridgehead atoms. The summed E-state index contributed by atoms with van der Waals surface area (Å²) in [5.74, 6) is 2.53. The summed E-state index contributed by atoms with van der Waals surface area (Å²) in [4.78, 5) is 20.4. The Balaban J connectivity index is 1.48. The predicted octanol–water partition coefficient (Wildman–Crippen LogP) is 4.11. The number of hydrogen-bond acceptors (Lipinski definition) is 6. The maximum atomic E-state index is 13.7. The van der Waals surface area contributed by atoms with Crippen LogP contribution in [0.25, 0.3) is 16.6 Å². The lowest BCUT2D eigenvalue weighted by molar-refractivity contribution is 0.0774. The molecule has 2 aromatic heterocycles. The minimum Gasteiger partial charge on any atom is -0.496 e. The van der Waals surface area contributed by atoms with Crippen LogP contribution in [-0.4, -0.2) is 60.0 Å². The second kappa shape index (κ2) is 8.66. The van der Waals surface area contributed by atoms with Crippen molar-refractivity contribution in [3.63, 3.8) is 0 Å². The molecule has 3 heterocycles. The number of aromatic nitrogens is 3. The monoisotopic (exact) mass is 462 g/mol. The van der Waals surface area contributed by atoms with Crippen molar-refractivity contribution in [2.75, 3.05) is 34.4 Å². The second-order valence-electron chi connectivity index (χ2n) is 8.91. The van der Waals surface area contributed by atoms with Gasteiger partial charge >= 0.3 is 0 Å². The number of pyridine rings is 1. The van der Waals surface area contributed by atoms with Crippen molar-refractivity contribution < 1.29 is 19.0 Å². The van der Waals surface area contributed by atoms with Crippen molar-refractivity contribution >= 4 is 22.5 Å². The van der Waals surface area contributed by atoms with Crippen molar-refractivity contribution in [1.82, 2.24) is 19.7 Å². The molecule has 1 aromatic carbocycles. The standard InChI is InChI=1S/C26H30N4O4/c1-15-23-19(14-20(16-6-7-16)27-25(23)29(2)28-15)26(31)30-10-8-17(9-11-30)24-21(33-4)12-18(32-3)13-22(24)34-5/h8,12-14,16H,6-7,9-11H2,1-5H3. The van der Waals surface area contributed by atoms with E-state index in [2.05, 4.69) is 11.2 Å². The lowest BCUT2D eigenvalue weighted by atomic mass is 9.96. The van der Waals surface area contributed by atoms with Crippen LogP contribution in [0.3, 0.4) is 0 Å². The first kappa shape index (κ1) is 22.3. The number of fused-ring (bicyclic) bond motifs is 1. The summed E-state index contributed by atoms with van der Waals surface area (Å²) in [5, 5.41) is 5.39. The Bertz CT molecular complexity index is 1280. The molecule has 8 nitrogen and oxygen atoms in total. The van der Waals surface area contributed by atoms with Crippen LogP contribution in [0.4, 0.5) is 0 Å². The summed E-state index contributed by atoms with van der Waals surface area (Å²) in [6.45, 7) is 3.05. The number of carbonyl (C=O) groups is 1. The van der Waals surface area contributed by atoms with Crippen LogP contribution in [0.15, 0.2) is 24.3 Å². The van der Waals surface area contributed by atoms with Gasteiger partial charge in [0.05, 0.1) is 43.5 Å². The van der Waals surface area contributed by atoms with E-state index < -0.39 is 0 Å². The zero-order chi connectivity index (χ0) is 24.0. The molecular formula is C26H30N4O4. The van der Waals surface area contributed by atoms with Gasteiger partial charge in [-0.3, -0.25) is 9.48 Å². The summed E-state index contributed by atoms with van der Waals surface area (Å²) in [5.41, 5.74) is 5.32. The summed E-state index contributed by atoms with van der Waals surface area (Å²) in [7, 11) is 6.78. The molecule has 0 atom stereocenters. The van der Waals surface area contributed by atoms with Crippen LogP contribution in [0.5, 0.6) is 17.2 Å². The van der Waals surface area contributed by atoms with E-state index in [0.717, 1.165) is 46.4 Å². The van der Waals surface area contributed by atoms with Gasteiger partial charge in [0.15, 0.2) is 5.65 Å². The fourth-order valence-electron chi connectivity index (χ4n) is 4.79. The molecule has 1 fully saturated rings. The maximum Gasteiger partial charge on any atom is 0.255 e. The molecule has 1 saturated carbocycles. The summed E-state index contributed by atoms with van der Waals surface area (Å²) in [6, 6.07) is 5.70. The molecule has 0 unspecified atom stereocenters. The maximum absolute atomic E-state index is 13.7. The highest BCUT2D eigenvalue weighted by Gasteiger charge is 2.30. The second-order valence-corrected chi connectivity index (χ2v) is 8.91. The van der Waals surface area contributed by atoms with Gasteiger partial charge in [-0.2, -0.15) is 5.10 Å². The van der Waals surface area contributed by atoms with E-state index in [1.54, 1.807) is 26.0 Å². The Morgan fingerprint density at radius 3 is 2.32 bits per heavy atom. The number of ether oxygens (including phenoxy) is 3. The van der Waals surface area contributed by atoms with Gasteiger partial charge < -0.3 is 19.1 Å². The lowest BCUT2D eigenvalue weighted by Gasteiger charge is -2.28. The Morgan fingerprint density at radius 1 is 1.06 bits per heavy atom. The molecule has 5 rings (SSSR count). The average molecular weight is 463 g/mol. The molecule has 2 aliphatic rings. The van der Waals surface area contributed by atoms with E-state index in [1.165, 1.54) is 0 Å². The van der Waals surface area contributed by atoms with Gasteiger partial charge in [-0.1, -0.05) is 6.08 Å². The largest absolute Gasteiger partial charge is 0.496 e. The third-order valence-electron chi connectivity index (χ3n) is 6.75. The number of amides is 1. The van der Waals surface area contributed by atoms with Crippen molar-refractivity contribution in [2.45, 2.75) is 32.1 Å². The number of rotatable bonds is 6. The van der Waals surface area contributed by atoms with Crippen molar-refractivity contribution in [1.29, 1.82) is 0 Å². The lowest BCUT2D eigenvalue weighted by Crippen LogP contribution is -2.35. The highest BCUT2D eigenvalue weighted by Crippen LogP contribution is 2.42. The number of nitrogens with zero attached hydrogens (tertiary/aromatic N) is 4. The molecule has 8 heteroatoms. The molecule has 0 spiro atoms. The minimum atomic E-state index is 0.0226. The smallest absolute Gasteiger partial charge is 0.255 e. The van der Waals surface area contributed by atoms with Crippen LogP contribution in [-0.2, 0) is 7.05 Å². The van der Waals surface area contributed by atoms with E-state index in [0.29, 0.717) is 48.2 Å². The van der Waals surface area contributed by atoms with Crippen LogP contribution >= 0.6 is 0 Å². The van der Waals surface area contributed by atoms with E-state index in [1.807, 2.05) is 37.1 Å². The zero-order valence-electron chi connectivity index (χ0n) is 20.3. The quantitative estimate of drug-likeness (QED) is 0.549. The zero-order valence-corrected chi connectivity index (χ0v) is 20.3. The first-order valence-corrected chi connectivity index (χ1v) is 11.6. The van der Waals surface area contributed by atoms with Crippen LogP contribution < -0.4 is 14.2 Å². The fourth-order valence-corrected chi connectivity index (χ4v) is 4.79. The molecule has 0 radical (unpaired) electrons. The highest BCUT2D eigenvalue weighted by molar-refractivity contribution is 6.07. The van der Waals surface area contributed by atoms with Gasteiger partial charge in [-0.25, -0.2) is 4.98 Å². The van der Waals surface area contributed by atoms with Crippen molar-refractivity contribution in [2.24, 2.45) is 7.05 Å². The number of carbonyl (C=O) groups excluding carboxylic acids is 1. The Labute approximate surface area is 199 Å². The average Bonchev–Trinajstić information content (AvgIpc) is 3.68. The number of hydrogen-bond donors (Lipinski definition) is 0. The van der Waals surface area contributed by atoms with Gasteiger partial charge in [0, 0.05) is 43.9 Å². The van der Waals surface area contributed by atoms with Crippen LogP contribution in [0, 0.1) is 6.92 Å². The topological polar surface area (TPSA) is 78.7 Å². The van der Waals surface area contributed by atoms with Crippen molar-refractivity contribution in [3.05, 3.63) is 46.8 Å². The predicted molar refractivity (Wildman–Crippen MR) is 130 cm³/mol. The molecule has 1 aliphatic carbocycles. The van der Waals surface area contributed by atoms with E-state index >= 15 is 0 Å². The molecular weight excluding hydrogens is 432 g/mol. The van der Waals surface area contributed by atoms with Gasteiger partial charge in [0.25, 0.3) is 5.91 Å². The SMILES string of the molecule is COc1cc(OC)c(C2=CCN(C(=O)c3cc(C4CC4)nc4c3c(C)nn4C)CC2)c(OC)c1. The Morgan fingerprint density at radius 2 is 1.76 bits per heavy atom. The molecule has 1 amide bonds. The summed E-state index contributed by atoms with van der Waals surface area (Å²) >= 11 is 0. The summed E-state index contributed by atoms with van der Waals surface area (Å²) < 4.78 is 18.4. The van der Waals surface area contributed by atoms with Gasteiger partial charge in [-0.15, -0.1) is 0 Å². The number of methoxy groups -OCH3 is 3. The molecule has 0 N–H and O–H groups in total. The minimum absolute atomic E-state index is 0.0226. The Hall–Kier alpha value is -3.55. The van der Waals surface area contributed by atoms with Gasteiger partial charge in [0.1, 0.15) is 17.2 Å². The Kier molecular flexibility index (Phi) is 5.67. The van der Waals surface area contributed by atoms with Crippen LogP contribution in [0.2, 0.25) is 0 Å². The molecule has 34 heavy (non-hydrogen) atoms. The van der Waals surface area contributed by atoms with Crippen molar-refractivity contribution in [3.8, 4) is 17.2 Å². The van der Waals surface area contributed by atoms with Crippen LogP contribution in [0.1, 0.15) is 52.5 Å². The summed E-state index contributed by atoms with van der Waals surface area (Å²) in [6.07, 6.45) is 5.04. The number of benzene rings is 1. The van der Waals surface area contributed by atoms with E-state index in [9.17, 15) is 4.79 Å². The third kappa shape index (κ3) is 3.77. The molecule has 0 saturated heterocycles. The molecule has 178 valence electrons. The fraction of sp³-hybridized carbons (Fsp3) is 0.423. The highest BCUT2D eigenvalue weighted by atomic mass is 16.5. The first-order valence-electron chi connectivity index (χ1n) is 11.6. The molecule has 1 aliphatic heterocycles. The van der Waals surface area contributed by atoms with E-state index in [4.69, 9.17) is 19.2 Å². The number of aryl methyl sites for hydroxylation is 2. The van der Waals surface area contributed by atoms with Gasteiger partial charge in [-0.05, 0) is 37.8 Å². The third-order valence-corrected chi connectivity index (χ3v) is 6.75.